The average molecular weight is 445 g/mol. The number of amides is 1. The maximum Gasteiger partial charge on any atom is 0.310 e. The van der Waals surface area contributed by atoms with Gasteiger partial charge < -0.3 is 19.6 Å². The fourth-order valence-corrected chi connectivity index (χ4v) is 2.79. The fourth-order valence-electron chi connectivity index (χ4n) is 2.79. The number of ether oxygens (including phenoxy) is 2. The molecule has 0 aliphatic rings. The van der Waals surface area contributed by atoms with Crippen LogP contribution in [0.1, 0.15) is 62.5 Å². The lowest BCUT2D eigenvalue weighted by molar-refractivity contribution is -0.142. The highest BCUT2D eigenvalue weighted by Crippen LogP contribution is 2.13. The highest BCUT2D eigenvalue weighted by molar-refractivity contribution is 6.03. The van der Waals surface area contributed by atoms with Gasteiger partial charge in [-0.3, -0.25) is 14.4 Å². The monoisotopic (exact) mass is 444 g/mol. The number of carbonyl (C=O) groups is 2. The molecule has 0 fully saturated rings. The normalized spacial score (nSPS) is 10.5. The van der Waals surface area contributed by atoms with Gasteiger partial charge in [0.25, 0.3) is 5.91 Å². The highest BCUT2D eigenvalue weighted by atomic mass is 16.7. The maximum absolute atomic E-state index is 12.9. The summed E-state index contributed by atoms with van der Waals surface area (Å²) in [6.07, 6.45) is 5.09. The fraction of sp³-hybridized carbons (Fsp3) is 0.458. The molecule has 0 aliphatic heterocycles. The summed E-state index contributed by atoms with van der Waals surface area (Å²) in [5, 5.41) is 2.76. The zero-order valence-corrected chi connectivity index (χ0v) is 19.0. The van der Waals surface area contributed by atoms with Crippen LogP contribution in [0.15, 0.2) is 41.3 Å². The zero-order valence-electron chi connectivity index (χ0n) is 19.0. The number of aromatic nitrogens is 1. The molecule has 2 rings (SSSR count). The van der Waals surface area contributed by atoms with Crippen molar-refractivity contribution in [3.63, 3.8) is 0 Å². The van der Waals surface area contributed by atoms with Crippen LogP contribution in [-0.4, -0.2) is 36.4 Å². The molecule has 2 aromatic rings. The molecule has 1 heterocycles. The number of nitrogens with zero attached hydrogens (tertiary/aromatic N) is 1. The number of esters is 1. The molecule has 0 radical (unpaired) electrons. The Morgan fingerprint density at radius 1 is 1.00 bits per heavy atom. The molecule has 0 saturated carbocycles. The third-order valence-corrected chi connectivity index (χ3v) is 4.56. The molecule has 0 aliphatic carbocycles. The number of unbranched alkanes of at least 4 members (excludes halogenated alkanes) is 2. The molecule has 1 aromatic carbocycles. The second-order valence-electron chi connectivity index (χ2n) is 7.23. The van der Waals surface area contributed by atoms with E-state index in [2.05, 4.69) is 5.32 Å². The highest BCUT2D eigenvalue weighted by Gasteiger charge is 2.16. The van der Waals surface area contributed by atoms with Gasteiger partial charge in [-0.05, 0) is 37.5 Å². The smallest absolute Gasteiger partial charge is 0.310 e. The molecule has 1 aromatic heterocycles. The van der Waals surface area contributed by atoms with Crippen molar-refractivity contribution in [3.05, 3.63) is 58.0 Å². The molecule has 8 heteroatoms. The van der Waals surface area contributed by atoms with E-state index in [1.54, 1.807) is 31.2 Å². The molecule has 0 atom stereocenters. The standard InChI is InChI=1S/C24H32N2O6/c1-4-7-13-31-22-17-26(32-14-8-5-2)20(16-21(22)27)24(29)25-19-11-9-18(10-12-19)15-23(28)30-6-3/h9-12,16-17H,4-8,13-15H2,1-3H3,(H,25,29). The minimum Gasteiger partial charge on any atom is -0.488 e. The summed E-state index contributed by atoms with van der Waals surface area (Å²) in [7, 11) is 0. The van der Waals surface area contributed by atoms with Crippen LogP contribution in [0, 0.1) is 0 Å². The minimum absolute atomic E-state index is 0.0737. The van der Waals surface area contributed by atoms with Gasteiger partial charge in [-0.1, -0.05) is 38.8 Å². The SMILES string of the molecule is CCCCOc1cn(OCCCC)c(C(=O)Nc2ccc(CC(=O)OCC)cc2)cc1=O. The van der Waals surface area contributed by atoms with Crippen molar-refractivity contribution in [1.29, 1.82) is 0 Å². The first-order valence-electron chi connectivity index (χ1n) is 11.1. The van der Waals surface area contributed by atoms with Gasteiger partial charge in [0.15, 0.2) is 5.75 Å². The third-order valence-electron chi connectivity index (χ3n) is 4.56. The van der Waals surface area contributed by atoms with Crippen LogP contribution in [0.25, 0.3) is 0 Å². The molecule has 0 saturated heterocycles. The first-order chi connectivity index (χ1) is 15.5. The molecule has 0 unspecified atom stereocenters. The summed E-state index contributed by atoms with van der Waals surface area (Å²) < 4.78 is 11.8. The van der Waals surface area contributed by atoms with E-state index >= 15 is 0 Å². The number of nitrogens with one attached hydrogen (secondary N) is 1. The summed E-state index contributed by atoms with van der Waals surface area (Å²) in [6, 6.07) is 8.08. The largest absolute Gasteiger partial charge is 0.488 e. The first-order valence-corrected chi connectivity index (χ1v) is 11.1. The summed E-state index contributed by atoms with van der Waals surface area (Å²) in [5.41, 5.74) is 0.990. The quantitative estimate of drug-likeness (QED) is 0.375. The lowest BCUT2D eigenvalue weighted by Crippen LogP contribution is -2.27. The van der Waals surface area contributed by atoms with Crippen molar-refractivity contribution in [2.45, 2.75) is 52.9 Å². The Morgan fingerprint density at radius 3 is 2.34 bits per heavy atom. The number of carbonyl (C=O) groups excluding carboxylic acids is 2. The predicted molar refractivity (Wildman–Crippen MR) is 122 cm³/mol. The van der Waals surface area contributed by atoms with Crippen LogP contribution in [0.3, 0.4) is 0 Å². The summed E-state index contributed by atoms with van der Waals surface area (Å²) >= 11 is 0. The van der Waals surface area contributed by atoms with Crippen molar-refractivity contribution in [3.8, 4) is 5.75 Å². The Bertz CT molecular complexity index is 936. The lowest BCUT2D eigenvalue weighted by atomic mass is 10.1. The summed E-state index contributed by atoms with van der Waals surface area (Å²) in [6.45, 7) is 6.98. The molecule has 0 bridgehead atoms. The Hall–Kier alpha value is -3.29. The third kappa shape index (κ3) is 7.76. The molecule has 1 N–H and O–H groups in total. The van der Waals surface area contributed by atoms with Gasteiger partial charge in [0.1, 0.15) is 12.3 Å². The van der Waals surface area contributed by atoms with E-state index in [0.29, 0.717) is 25.5 Å². The van der Waals surface area contributed by atoms with Crippen LogP contribution in [0.2, 0.25) is 0 Å². The Morgan fingerprint density at radius 2 is 1.69 bits per heavy atom. The summed E-state index contributed by atoms with van der Waals surface area (Å²) in [5.74, 6) is -0.648. The summed E-state index contributed by atoms with van der Waals surface area (Å²) in [4.78, 5) is 42.6. The molecule has 0 spiro atoms. The van der Waals surface area contributed by atoms with E-state index in [4.69, 9.17) is 14.3 Å². The Balaban J connectivity index is 2.16. The van der Waals surface area contributed by atoms with E-state index < -0.39 is 5.91 Å². The molecule has 32 heavy (non-hydrogen) atoms. The second-order valence-corrected chi connectivity index (χ2v) is 7.23. The van der Waals surface area contributed by atoms with Crippen molar-refractivity contribution in [2.24, 2.45) is 0 Å². The number of rotatable bonds is 13. The van der Waals surface area contributed by atoms with Gasteiger partial charge in [0, 0.05) is 11.8 Å². The van der Waals surface area contributed by atoms with Gasteiger partial charge in [-0.25, -0.2) is 0 Å². The van der Waals surface area contributed by atoms with E-state index in [0.717, 1.165) is 31.2 Å². The van der Waals surface area contributed by atoms with Crippen LogP contribution in [0.4, 0.5) is 5.69 Å². The lowest BCUT2D eigenvalue weighted by Gasteiger charge is -2.16. The maximum atomic E-state index is 12.9. The van der Waals surface area contributed by atoms with Crippen molar-refractivity contribution in [1.82, 2.24) is 4.73 Å². The Kier molecular flexibility index (Phi) is 10.3. The van der Waals surface area contributed by atoms with E-state index in [1.807, 2.05) is 13.8 Å². The van der Waals surface area contributed by atoms with Gasteiger partial charge >= 0.3 is 5.97 Å². The van der Waals surface area contributed by atoms with Crippen molar-refractivity contribution < 1.29 is 23.9 Å². The number of benzene rings is 1. The number of hydrogen-bond acceptors (Lipinski definition) is 6. The second kappa shape index (κ2) is 13.2. The van der Waals surface area contributed by atoms with E-state index in [1.165, 1.54) is 17.0 Å². The van der Waals surface area contributed by atoms with Crippen LogP contribution < -0.4 is 20.3 Å². The van der Waals surface area contributed by atoms with Crippen LogP contribution in [-0.2, 0) is 16.0 Å². The average Bonchev–Trinajstić information content (AvgIpc) is 2.77. The van der Waals surface area contributed by atoms with Gasteiger partial charge in [-0.15, -0.1) is 0 Å². The molecular weight excluding hydrogens is 412 g/mol. The van der Waals surface area contributed by atoms with Crippen molar-refractivity contribution in [2.75, 3.05) is 25.1 Å². The van der Waals surface area contributed by atoms with Gasteiger partial charge in [-0.2, -0.15) is 4.73 Å². The van der Waals surface area contributed by atoms with Crippen LogP contribution >= 0.6 is 0 Å². The zero-order chi connectivity index (χ0) is 23.3. The predicted octanol–water partition coefficient (Wildman–Crippen LogP) is 3.61. The van der Waals surface area contributed by atoms with Crippen LogP contribution in [0.5, 0.6) is 5.75 Å². The molecular formula is C24H32N2O6. The van der Waals surface area contributed by atoms with Gasteiger partial charge in [0.2, 0.25) is 5.43 Å². The molecule has 174 valence electrons. The van der Waals surface area contributed by atoms with Crippen molar-refractivity contribution >= 4 is 17.6 Å². The number of anilines is 1. The Labute approximate surface area is 188 Å². The topological polar surface area (TPSA) is 95.9 Å². The van der Waals surface area contributed by atoms with E-state index in [9.17, 15) is 14.4 Å². The molecule has 1 amide bonds. The van der Waals surface area contributed by atoms with Gasteiger partial charge in [0.05, 0.1) is 25.8 Å². The molecule has 8 nitrogen and oxygen atoms in total. The first kappa shape index (κ1) is 25.0. The number of pyridine rings is 1. The number of hydrogen-bond donors (Lipinski definition) is 1. The minimum atomic E-state index is -0.489. The van der Waals surface area contributed by atoms with E-state index in [-0.39, 0.29) is 29.3 Å².